The van der Waals surface area contributed by atoms with Gasteiger partial charge in [0.15, 0.2) is 6.61 Å². The molecule has 0 aliphatic carbocycles. The number of anilines is 1. The summed E-state index contributed by atoms with van der Waals surface area (Å²) in [6.07, 6.45) is 0. The number of para-hydroxylation sites is 1. The van der Waals surface area contributed by atoms with Gasteiger partial charge in [0.2, 0.25) is 0 Å². The first kappa shape index (κ1) is 17.3. The molecule has 0 atom stereocenters. The van der Waals surface area contributed by atoms with E-state index in [-0.39, 0.29) is 18.6 Å². The molecule has 3 aromatic carbocycles. The zero-order valence-electron chi connectivity index (χ0n) is 14.3. The molecule has 0 aliphatic rings. The smallest absolute Gasteiger partial charge is 0.265 e. The highest BCUT2D eigenvalue weighted by Crippen LogP contribution is 2.31. The van der Waals surface area contributed by atoms with Gasteiger partial charge in [0, 0.05) is 27.5 Å². The zero-order chi connectivity index (χ0) is 17.8. The number of ether oxygens (including phenoxy) is 1. The van der Waals surface area contributed by atoms with Crippen molar-refractivity contribution in [3.8, 4) is 5.75 Å². The summed E-state index contributed by atoms with van der Waals surface area (Å²) in [6, 6.07) is 21.0. The summed E-state index contributed by atoms with van der Waals surface area (Å²) in [6.45, 7) is 3.95. The van der Waals surface area contributed by atoms with Crippen LogP contribution >= 0.6 is 11.6 Å². The number of benzene rings is 3. The Balaban J connectivity index is 1.81. The molecule has 1 amide bonds. The van der Waals surface area contributed by atoms with Crippen molar-refractivity contribution in [1.82, 2.24) is 0 Å². The third kappa shape index (κ3) is 3.77. The Morgan fingerprint density at radius 2 is 1.60 bits per heavy atom. The Labute approximate surface area is 152 Å². The van der Waals surface area contributed by atoms with Gasteiger partial charge in [0.25, 0.3) is 5.91 Å². The highest BCUT2D eigenvalue weighted by molar-refractivity contribution is 6.35. The second-order valence-corrected chi connectivity index (χ2v) is 6.48. The number of halogens is 1. The number of fused-ring (bicyclic) bond motifs is 1. The van der Waals surface area contributed by atoms with Gasteiger partial charge in [-0.2, -0.15) is 0 Å². The first-order valence-corrected chi connectivity index (χ1v) is 8.63. The second-order valence-electron chi connectivity index (χ2n) is 6.07. The van der Waals surface area contributed by atoms with Crippen LogP contribution in [0.25, 0.3) is 10.8 Å². The lowest BCUT2D eigenvalue weighted by molar-refractivity contribution is -0.120. The standard InChI is InChI=1S/C21H20ClNO2/c1-15(2)23(16-8-4-3-5-9-16)21(24)14-25-20-13-12-19(22)17-10-6-7-11-18(17)20/h3-13,15H,14H2,1-2H3. The van der Waals surface area contributed by atoms with E-state index in [9.17, 15) is 4.79 Å². The van der Waals surface area contributed by atoms with Gasteiger partial charge < -0.3 is 9.64 Å². The molecule has 3 nitrogen and oxygen atoms in total. The van der Waals surface area contributed by atoms with E-state index in [1.54, 1.807) is 17.0 Å². The minimum atomic E-state index is -0.0831. The largest absolute Gasteiger partial charge is 0.483 e. The first-order chi connectivity index (χ1) is 12.1. The van der Waals surface area contributed by atoms with Crippen LogP contribution in [0.5, 0.6) is 5.75 Å². The van der Waals surface area contributed by atoms with E-state index >= 15 is 0 Å². The van der Waals surface area contributed by atoms with Crippen LogP contribution in [0.4, 0.5) is 5.69 Å². The van der Waals surface area contributed by atoms with E-state index < -0.39 is 0 Å². The molecule has 0 aromatic heterocycles. The summed E-state index contributed by atoms with van der Waals surface area (Å²) in [4.78, 5) is 14.5. The van der Waals surface area contributed by atoms with Crippen molar-refractivity contribution in [2.45, 2.75) is 19.9 Å². The Bertz CT molecular complexity index is 877. The van der Waals surface area contributed by atoms with Crippen molar-refractivity contribution in [3.63, 3.8) is 0 Å². The predicted octanol–water partition coefficient (Wildman–Crippen LogP) is 5.31. The summed E-state index contributed by atoms with van der Waals surface area (Å²) in [5, 5.41) is 2.49. The van der Waals surface area contributed by atoms with E-state index in [1.165, 1.54) is 0 Å². The van der Waals surface area contributed by atoms with Gasteiger partial charge >= 0.3 is 0 Å². The second kappa shape index (κ2) is 7.58. The Morgan fingerprint density at radius 1 is 0.960 bits per heavy atom. The van der Waals surface area contributed by atoms with Crippen LogP contribution in [0, 0.1) is 0 Å². The van der Waals surface area contributed by atoms with Crippen LogP contribution in [0.1, 0.15) is 13.8 Å². The van der Waals surface area contributed by atoms with Crippen molar-refractivity contribution in [3.05, 3.63) is 71.8 Å². The maximum atomic E-state index is 12.7. The average molecular weight is 354 g/mol. The topological polar surface area (TPSA) is 29.5 Å². The average Bonchev–Trinajstić information content (AvgIpc) is 2.62. The molecule has 3 rings (SSSR count). The molecule has 3 aromatic rings. The molecule has 0 bridgehead atoms. The van der Waals surface area contributed by atoms with Gasteiger partial charge in [0.05, 0.1) is 0 Å². The van der Waals surface area contributed by atoms with Crippen molar-refractivity contribution in [2.75, 3.05) is 11.5 Å². The van der Waals surface area contributed by atoms with Crippen molar-refractivity contribution < 1.29 is 9.53 Å². The number of nitrogens with zero attached hydrogens (tertiary/aromatic N) is 1. The zero-order valence-corrected chi connectivity index (χ0v) is 15.0. The minimum Gasteiger partial charge on any atom is -0.483 e. The van der Waals surface area contributed by atoms with Gasteiger partial charge in [-0.3, -0.25) is 4.79 Å². The number of hydrogen-bond acceptors (Lipinski definition) is 2. The highest BCUT2D eigenvalue weighted by Gasteiger charge is 2.19. The lowest BCUT2D eigenvalue weighted by Gasteiger charge is -2.27. The van der Waals surface area contributed by atoms with Crippen LogP contribution in [0.3, 0.4) is 0 Å². The first-order valence-electron chi connectivity index (χ1n) is 8.25. The van der Waals surface area contributed by atoms with Crippen LogP contribution in [0.15, 0.2) is 66.7 Å². The molecule has 0 heterocycles. The fraction of sp³-hybridized carbons (Fsp3) is 0.190. The van der Waals surface area contributed by atoms with E-state index in [4.69, 9.17) is 16.3 Å². The SMILES string of the molecule is CC(C)N(C(=O)COc1ccc(Cl)c2ccccc12)c1ccccc1. The number of amides is 1. The maximum absolute atomic E-state index is 12.7. The van der Waals surface area contributed by atoms with Crippen LogP contribution < -0.4 is 9.64 Å². The van der Waals surface area contributed by atoms with Gasteiger partial charge in [-0.05, 0) is 38.1 Å². The molecule has 0 fully saturated rings. The van der Waals surface area contributed by atoms with Crippen molar-refractivity contribution in [1.29, 1.82) is 0 Å². The molecular weight excluding hydrogens is 334 g/mol. The van der Waals surface area contributed by atoms with Gasteiger partial charge in [-0.25, -0.2) is 0 Å². The highest BCUT2D eigenvalue weighted by atomic mass is 35.5. The lowest BCUT2D eigenvalue weighted by Crippen LogP contribution is -2.40. The van der Waals surface area contributed by atoms with E-state index in [2.05, 4.69) is 0 Å². The maximum Gasteiger partial charge on any atom is 0.265 e. The van der Waals surface area contributed by atoms with E-state index in [0.29, 0.717) is 10.8 Å². The molecule has 0 saturated carbocycles. The predicted molar refractivity (Wildman–Crippen MR) is 104 cm³/mol. The summed E-state index contributed by atoms with van der Waals surface area (Å²) in [5.41, 5.74) is 0.868. The van der Waals surface area contributed by atoms with Gasteiger partial charge in [0.1, 0.15) is 5.75 Å². The van der Waals surface area contributed by atoms with Crippen molar-refractivity contribution >= 4 is 34.0 Å². The van der Waals surface area contributed by atoms with Crippen LogP contribution in [-0.4, -0.2) is 18.6 Å². The fourth-order valence-electron chi connectivity index (χ4n) is 2.89. The number of hydrogen-bond donors (Lipinski definition) is 0. The van der Waals surface area contributed by atoms with E-state index in [1.807, 2.05) is 68.4 Å². The lowest BCUT2D eigenvalue weighted by atomic mass is 10.1. The molecule has 4 heteroatoms. The summed E-state index contributed by atoms with van der Waals surface area (Å²) >= 11 is 6.23. The molecule has 128 valence electrons. The summed E-state index contributed by atoms with van der Waals surface area (Å²) in [5.74, 6) is 0.574. The quantitative estimate of drug-likeness (QED) is 0.621. The van der Waals surface area contributed by atoms with Crippen molar-refractivity contribution in [2.24, 2.45) is 0 Å². The number of rotatable bonds is 5. The summed E-state index contributed by atoms with van der Waals surface area (Å²) in [7, 11) is 0. The molecular formula is C21H20ClNO2. The van der Waals surface area contributed by atoms with Crippen LogP contribution in [0.2, 0.25) is 5.02 Å². The fourth-order valence-corrected chi connectivity index (χ4v) is 3.12. The molecule has 0 spiro atoms. The normalized spacial score (nSPS) is 10.9. The summed E-state index contributed by atoms with van der Waals surface area (Å²) < 4.78 is 5.84. The third-order valence-corrected chi connectivity index (χ3v) is 4.33. The van der Waals surface area contributed by atoms with Crippen LogP contribution in [-0.2, 0) is 4.79 Å². The Morgan fingerprint density at radius 3 is 2.28 bits per heavy atom. The molecule has 0 radical (unpaired) electrons. The molecule has 0 saturated heterocycles. The number of carbonyl (C=O) groups is 1. The molecule has 0 aliphatic heterocycles. The third-order valence-electron chi connectivity index (χ3n) is 4.00. The van der Waals surface area contributed by atoms with Gasteiger partial charge in [-0.15, -0.1) is 0 Å². The molecule has 0 unspecified atom stereocenters. The molecule has 0 N–H and O–H groups in total. The van der Waals surface area contributed by atoms with Gasteiger partial charge in [-0.1, -0.05) is 54.1 Å². The minimum absolute atomic E-state index is 0.0291. The monoisotopic (exact) mass is 353 g/mol. The van der Waals surface area contributed by atoms with E-state index in [0.717, 1.165) is 16.5 Å². The Hall–Kier alpha value is -2.52. The molecule has 25 heavy (non-hydrogen) atoms. The Kier molecular flexibility index (Phi) is 5.25. The number of carbonyl (C=O) groups excluding carboxylic acids is 1.